The standard InChI is InChI=1S/C14H24ClNO/c15-12-7-4-8-13(12)16-14(17)10-9-11-5-2-1-3-6-11/h11-13H,1-10H2,(H,16,17). The molecule has 0 radical (unpaired) electrons. The van der Waals surface area contributed by atoms with Gasteiger partial charge in [0, 0.05) is 12.5 Å². The van der Waals surface area contributed by atoms with Gasteiger partial charge >= 0.3 is 0 Å². The molecule has 0 saturated heterocycles. The zero-order chi connectivity index (χ0) is 12.1. The quantitative estimate of drug-likeness (QED) is 0.766. The first kappa shape index (κ1) is 13.2. The second-order valence-corrected chi connectivity index (χ2v) is 6.22. The fourth-order valence-corrected chi connectivity index (χ4v) is 3.51. The molecule has 0 aromatic rings. The molecule has 2 fully saturated rings. The average Bonchev–Trinajstić information content (AvgIpc) is 2.74. The number of amides is 1. The topological polar surface area (TPSA) is 29.1 Å². The summed E-state index contributed by atoms with van der Waals surface area (Å²) in [6, 6.07) is 0.232. The van der Waals surface area contributed by atoms with Crippen LogP contribution in [0.4, 0.5) is 0 Å². The van der Waals surface area contributed by atoms with Gasteiger partial charge in [0.25, 0.3) is 0 Å². The number of carbonyl (C=O) groups excluding carboxylic acids is 1. The van der Waals surface area contributed by atoms with Crippen LogP contribution in [0.3, 0.4) is 0 Å². The minimum Gasteiger partial charge on any atom is -0.352 e. The molecule has 0 aromatic carbocycles. The summed E-state index contributed by atoms with van der Waals surface area (Å²) in [4.78, 5) is 11.8. The SMILES string of the molecule is O=C(CCC1CCCCC1)NC1CCCC1Cl. The number of halogens is 1. The van der Waals surface area contributed by atoms with Gasteiger partial charge in [0.05, 0.1) is 5.38 Å². The summed E-state index contributed by atoms with van der Waals surface area (Å²) in [5, 5.41) is 3.26. The molecule has 2 atom stereocenters. The molecule has 0 aromatic heterocycles. The zero-order valence-corrected chi connectivity index (χ0v) is 11.3. The molecule has 2 unspecified atom stereocenters. The van der Waals surface area contributed by atoms with E-state index in [2.05, 4.69) is 5.32 Å². The van der Waals surface area contributed by atoms with Crippen LogP contribution >= 0.6 is 11.6 Å². The minimum atomic E-state index is 0.161. The fraction of sp³-hybridized carbons (Fsp3) is 0.929. The summed E-state index contributed by atoms with van der Waals surface area (Å²) >= 11 is 6.16. The zero-order valence-electron chi connectivity index (χ0n) is 10.6. The molecule has 0 heterocycles. The Balaban J connectivity index is 1.63. The van der Waals surface area contributed by atoms with Gasteiger partial charge < -0.3 is 5.32 Å². The lowest BCUT2D eigenvalue weighted by Crippen LogP contribution is -2.37. The fourth-order valence-electron chi connectivity index (χ4n) is 3.17. The van der Waals surface area contributed by atoms with Crippen molar-refractivity contribution < 1.29 is 4.79 Å². The van der Waals surface area contributed by atoms with Crippen molar-refractivity contribution in [3.8, 4) is 0 Å². The van der Waals surface area contributed by atoms with Crippen LogP contribution in [0.15, 0.2) is 0 Å². The number of carbonyl (C=O) groups is 1. The first-order valence-corrected chi connectivity index (χ1v) is 7.63. The molecule has 1 N–H and O–H groups in total. The van der Waals surface area contributed by atoms with Crippen molar-refractivity contribution in [1.29, 1.82) is 0 Å². The molecule has 1 amide bonds. The Kier molecular flexibility index (Phi) is 5.15. The van der Waals surface area contributed by atoms with Crippen LogP contribution in [-0.2, 0) is 4.79 Å². The largest absolute Gasteiger partial charge is 0.352 e. The summed E-state index contributed by atoms with van der Waals surface area (Å²) in [6.07, 6.45) is 11.8. The number of alkyl halides is 1. The van der Waals surface area contributed by atoms with Crippen LogP contribution in [0, 0.1) is 5.92 Å². The van der Waals surface area contributed by atoms with Crippen molar-refractivity contribution in [3.63, 3.8) is 0 Å². The van der Waals surface area contributed by atoms with Crippen LogP contribution in [0.5, 0.6) is 0 Å². The monoisotopic (exact) mass is 257 g/mol. The van der Waals surface area contributed by atoms with Gasteiger partial charge in [-0.05, 0) is 31.6 Å². The predicted molar refractivity (Wildman–Crippen MR) is 71.2 cm³/mol. The normalized spacial score (nSPS) is 30.4. The van der Waals surface area contributed by atoms with E-state index in [9.17, 15) is 4.79 Å². The van der Waals surface area contributed by atoms with Gasteiger partial charge in [-0.3, -0.25) is 4.79 Å². The smallest absolute Gasteiger partial charge is 0.220 e. The third kappa shape index (κ3) is 4.17. The first-order valence-electron chi connectivity index (χ1n) is 7.19. The highest BCUT2D eigenvalue weighted by molar-refractivity contribution is 6.21. The molecule has 98 valence electrons. The second kappa shape index (κ2) is 6.63. The van der Waals surface area contributed by atoms with E-state index in [4.69, 9.17) is 11.6 Å². The van der Waals surface area contributed by atoms with Crippen molar-refractivity contribution in [1.82, 2.24) is 5.32 Å². The Hall–Kier alpha value is -0.240. The lowest BCUT2D eigenvalue weighted by molar-refractivity contribution is -0.122. The van der Waals surface area contributed by atoms with E-state index >= 15 is 0 Å². The Morgan fingerprint density at radius 2 is 1.82 bits per heavy atom. The van der Waals surface area contributed by atoms with E-state index in [0.29, 0.717) is 6.42 Å². The van der Waals surface area contributed by atoms with E-state index in [-0.39, 0.29) is 17.3 Å². The Bertz CT molecular complexity index is 251. The van der Waals surface area contributed by atoms with Gasteiger partial charge in [-0.1, -0.05) is 32.1 Å². The summed E-state index contributed by atoms with van der Waals surface area (Å²) < 4.78 is 0. The van der Waals surface area contributed by atoms with E-state index in [1.54, 1.807) is 0 Å². The van der Waals surface area contributed by atoms with Crippen LogP contribution < -0.4 is 5.32 Å². The number of hydrogen-bond acceptors (Lipinski definition) is 1. The lowest BCUT2D eigenvalue weighted by atomic mass is 9.86. The van der Waals surface area contributed by atoms with Crippen molar-refractivity contribution in [2.75, 3.05) is 0 Å². The number of rotatable bonds is 4. The average molecular weight is 258 g/mol. The van der Waals surface area contributed by atoms with E-state index in [1.807, 2.05) is 0 Å². The third-order valence-corrected chi connectivity index (χ3v) is 4.80. The lowest BCUT2D eigenvalue weighted by Gasteiger charge is -2.22. The van der Waals surface area contributed by atoms with Crippen LogP contribution in [0.25, 0.3) is 0 Å². The molecular weight excluding hydrogens is 234 g/mol. The highest BCUT2D eigenvalue weighted by Gasteiger charge is 2.26. The molecule has 3 heteroatoms. The molecule has 0 bridgehead atoms. The van der Waals surface area contributed by atoms with E-state index in [1.165, 1.54) is 32.1 Å². The molecule has 2 nitrogen and oxygen atoms in total. The second-order valence-electron chi connectivity index (χ2n) is 5.66. The molecule has 2 saturated carbocycles. The Morgan fingerprint density at radius 1 is 1.06 bits per heavy atom. The molecule has 0 spiro atoms. The Labute approximate surface area is 109 Å². The van der Waals surface area contributed by atoms with Crippen LogP contribution in [0.2, 0.25) is 0 Å². The summed E-state index contributed by atoms with van der Waals surface area (Å²) in [5.74, 6) is 1.01. The first-order chi connectivity index (χ1) is 8.25. The van der Waals surface area contributed by atoms with Gasteiger partial charge in [-0.2, -0.15) is 0 Å². The predicted octanol–water partition coefficient (Wildman–Crippen LogP) is 3.62. The van der Waals surface area contributed by atoms with Crippen molar-refractivity contribution in [2.24, 2.45) is 5.92 Å². The number of nitrogens with one attached hydrogen (secondary N) is 1. The van der Waals surface area contributed by atoms with Crippen LogP contribution in [-0.4, -0.2) is 17.3 Å². The van der Waals surface area contributed by atoms with Gasteiger partial charge in [-0.25, -0.2) is 0 Å². The third-order valence-electron chi connectivity index (χ3n) is 4.28. The van der Waals surface area contributed by atoms with Gasteiger partial charge in [0.1, 0.15) is 0 Å². The van der Waals surface area contributed by atoms with E-state index < -0.39 is 0 Å². The molecular formula is C14H24ClNO. The van der Waals surface area contributed by atoms with Gasteiger partial charge in [-0.15, -0.1) is 11.6 Å². The number of hydrogen-bond donors (Lipinski definition) is 1. The highest BCUT2D eigenvalue weighted by Crippen LogP contribution is 2.28. The maximum Gasteiger partial charge on any atom is 0.220 e. The maximum absolute atomic E-state index is 11.8. The molecule has 0 aliphatic heterocycles. The molecule has 2 rings (SSSR count). The van der Waals surface area contributed by atoms with Crippen molar-refractivity contribution >= 4 is 17.5 Å². The summed E-state index contributed by atoms with van der Waals surface area (Å²) in [7, 11) is 0. The van der Waals surface area contributed by atoms with Crippen molar-refractivity contribution in [2.45, 2.75) is 75.6 Å². The van der Waals surface area contributed by atoms with Gasteiger partial charge in [0.2, 0.25) is 5.91 Å². The molecule has 2 aliphatic carbocycles. The maximum atomic E-state index is 11.8. The van der Waals surface area contributed by atoms with Crippen LogP contribution in [0.1, 0.15) is 64.2 Å². The van der Waals surface area contributed by atoms with Crippen molar-refractivity contribution in [3.05, 3.63) is 0 Å². The minimum absolute atomic E-state index is 0.161. The summed E-state index contributed by atoms with van der Waals surface area (Å²) in [5.41, 5.74) is 0. The Morgan fingerprint density at radius 3 is 2.47 bits per heavy atom. The molecule has 17 heavy (non-hydrogen) atoms. The molecule has 2 aliphatic rings. The van der Waals surface area contributed by atoms with E-state index in [0.717, 1.165) is 31.6 Å². The summed E-state index contributed by atoms with van der Waals surface area (Å²) in [6.45, 7) is 0. The highest BCUT2D eigenvalue weighted by atomic mass is 35.5. The van der Waals surface area contributed by atoms with Gasteiger partial charge in [0.15, 0.2) is 0 Å².